The third-order valence-electron chi connectivity index (χ3n) is 1.56. The highest BCUT2D eigenvalue weighted by atomic mass is 79.9. The SMILES string of the molecule is CC(Cl)C(=O)c1ccc(Br)cc1Br. The molecule has 0 aliphatic rings. The van der Waals surface area contributed by atoms with Crippen LogP contribution < -0.4 is 0 Å². The molecule has 0 saturated heterocycles. The van der Waals surface area contributed by atoms with Gasteiger partial charge in [-0.05, 0) is 25.1 Å². The smallest absolute Gasteiger partial charge is 0.181 e. The zero-order valence-electron chi connectivity index (χ0n) is 6.85. The molecule has 0 bridgehead atoms. The number of benzene rings is 1. The molecule has 1 nitrogen and oxygen atoms in total. The average molecular weight is 326 g/mol. The van der Waals surface area contributed by atoms with Gasteiger partial charge < -0.3 is 0 Å². The molecule has 4 heteroatoms. The minimum absolute atomic E-state index is 0.0685. The first-order chi connectivity index (χ1) is 6.02. The van der Waals surface area contributed by atoms with E-state index >= 15 is 0 Å². The van der Waals surface area contributed by atoms with Crippen LogP contribution in [0.5, 0.6) is 0 Å². The van der Waals surface area contributed by atoms with Gasteiger partial charge in [-0.15, -0.1) is 11.6 Å². The molecule has 0 aliphatic carbocycles. The Morgan fingerprint density at radius 1 is 1.46 bits per heavy atom. The molecule has 0 N–H and O–H groups in total. The number of carbonyl (C=O) groups is 1. The number of Topliss-reactive ketones (excluding diaryl/α,β-unsaturated/α-hetero) is 1. The topological polar surface area (TPSA) is 17.1 Å². The Balaban J connectivity index is 3.09. The van der Waals surface area contributed by atoms with Gasteiger partial charge in [0.25, 0.3) is 0 Å². The predicted molar refractivity (Wildman–Crippen MR) is 61.5 cm³/mol. The molecular formula is C9H7Br2ClO. The third-order valence-corrected chi connectivity index (χ3v) is 2.91. The second kappa shape index (κ2) is 4.58. The van der Waals surface area contributed by atoms with Gasteiger partial charge in [-0.2, -0.15) is 0 Å². The van der Waals surface area contributed by atoms with Crippen molar-refractivity contribution in [2.45, 2.75) is 12.3 Å². The quantitative estimate of drug-likeness (QED) is 0.592. The van der Waals surface area contributed by atoms with Gasteiger partial charge in [-0.25, -0.2) is 0 Å². The number of carbonyl (C=O) groups excluding carboxylic acids is 1. The fourth-order valence-electron chi connectivity index (χ4n) is 0.904. The van der Waals surface area contributed by atoms with Crippen molar-refractivity contribution in [3.8, 4) is 0 Å². The van der Waals surface area contributed by atoms with Crippen LogP contribution in [0.2, 0.25) is 0 Å². The zero-order chi connectivity index (χ0) is 10.0. The molecule has 0 amide bonds. The van der Waals surface area contributed by atoms with E-state index in [4.69, 9.17) is 11.6 Å². The van der Waals surface area contributed by atoms with Crippen LogP contribution in [0.15, 0.2) is 27.1 Å². The third kappa shape index (κ3) is 2.79. The number of alkyl halides is 1. The van der Waals surface area contributed by atoms with Crippen LogP contribution in [0.4, 0.5) is 0 Å². The molecule has 1 rings (SSSR count). The number of rotatable bonds is 2. The molecule has 0 fully saturated rings. The number of hydrogen-bond donors (Lipinski definition) is 0. The van der Waals surface area contributed by atoms with Crippen LogP contribution in [0.3, 0.4) is 0 Å². The van der Waals surface area contributed by atoms with Crippen molar-refractivity contribution in [1.82, 2.24) is 0 Å². The zero-order valence-corrected chi connectivity index (χ0v) is 10.8. The summed E-state index contributed by atoms with van der Waals surface area (Å²) in [6.07, 6.45) is 0. The lowest BCUT2D eigenvalue weighted by Gasteiger charge is -2.05. The minimum Gasteiger partial charge on any atom is -0.292 e. The Morgan fingerprint density at radius 3 is 2.54 bits per heavy atom. The standard InChI is InChI=1S/C9H7Br2ClO/c1-5(12)9(13)7-3-2-6(10)4-8(7)11/h2-5H,1H3. The van der Waals surface area contributed by atoms with Crippen molar-refractivity contribution in [2.24, 2.45) is 0 Å². The maximum absolute atomic E-state index is 11.5. The van der Waals surface area contributed by atoms with Gasteiger partial charge in [-0.3, -0.25) is 4.79 Å². The highest BCUT2D eigenvalue weighted by Crippen LogP contribution is 2.23. The average Bonchev–Trinajstić information content (AvgIpc) is 2.03. The van der Waals surface area contributed by atoms with Gasteiger partial charge in [0, 0.05) is 14.5 Å². The van der Waals surface area contributed by atoms with E-state index < -0.39 is 5.38 Å². The largest absolute Gasteiger partial charge is 0.292 e. The predicted octanol–water partition coefficient (Wildman–Crippen LogP) is 4.02. The Labute approximate surface area is 98.7 Å². The maximum atomic E-state index is 11.5. The maximum Gasteiger partial charge on any atom is 0.181 e. The highest BCUT2D eigenvalue weighted by molar-refractivity contribution is 9.11. The second-order valence-electron chi connectivity index (χ2n) is 2.60. The molecule has 0 heterocycles. The van der Waals surface area contributed by atoms with Gasteiger partial charge >= 0.3 is 0 Å². The Morgan fingerprint density at radius 2 is 2.08 bits per heavy atom. The highest BCUT2D eigenvalue weighted by Gasteiger charge is 2.14. The summed E-state index contributed by atoms with van der Waals surface area (Å²) in [7, 11) is 0. The Kier molecular flexibility index (Phi) is 3.95. The summed E-state index contributed by atoms with van der Waals surface area (Å²) in [5.41, 5.74) is 0.616. The molecular weight excluding hydrogens is 319 g/mol. The fraction of sp³-hybridized carbons (Fsp3) is 0.222. The van der Waals surface area contributed by atoms with E-state index in [1.807, 2.05) is 12.1 Å². The summed E-state index contributed by atoms with van der Waals surface area (Å²) in [6.45, 7) is 1.67. The van der Waals surface area contributed by atoms with Crippen LogP contribution in [-0.4, -0.2) is 11.2 Å². The second-order valence-corrected chi connectivity index (χ2v) is 5.03. The molecule has 1 atom stereocenters. The van der Waals surface area contributed by atoms with Gasteiger partial charge in [-0.1, -0.05) is 31.9 Å². The normalized spacial score (nSPS) is 12.6. The number of ketones is 1. The first-order valence-corrected chi connectivity index (χ1v) is 5.68. The van der Waals surface area contributed by atoms with E-state index in [9.17, 15) is 4.79 Å². The van der Waals surface area contributed by atoms with E-state index in [0.29, 0.717) is 5.56 Å². The van der Waals surface area contributed by atoms with E-state index in [-0.39, 0.29) is 5.78 Å². The molecule has 0 spiro atoms. The molecule has 0 radical (unpaired) electrons. The summed E-state index contributed by atoms with van der Waals surface area (Å²) >= 11 is 12.3. The van der Waals surface area contributed by atoms with Crippen molar-refractivity contribution < 1.29 is 4.79 Å². The van der Waals surface area contributed by atoms with Crippen LogP contribution in [-0.2, 0) is 0 Å². The molecule has 70 valence electrons. The van der Waals surface area contributed by atoms with E-state index in [0.717, 1.165) is 8.95 Å². The fourth-order valence-corrected chi connectivity index (χ4v) is 2.26. The molecule has 0 aliphatic heterocycles. The van der Waals surface area contributed by atoms with Gasteiger partial charge in [0.2, 0.25) is 0 Å². The minimum atomic E-state index is -0.488. The molecule has 0 aromatic heterocycles. The first-order valence-electron chi connectivity index (χ1n) is 3.65. The van der Waals surface area contributed by atoms with Gasteiger partial charge in [0.15, 0.2) is 5.78 Å². The summed E-state index contributed by atoms with van der Waals surface area (Å²) in [5, 5.41) is -0.488. The number of hydrogen-bond acceptors (Lipinski definition) is 1. The van der Waals surface area contributed by atoms with Crippen molar-refractivity contribution in [3.05, 3.63) is 32.7 Å². The van der Waals surface area contributed by atoms with Crippen LogP contribution in [0, 0.1) is 0 Å². The van der Waals surface area contributed by atoms with E-state index in [1.165, 1.54) is 0 Å². The van der Waals surface area contributed by atoms with E-state index in [1.54, 1.807) is 13.0 Å². The molecule has 0 saturated carbocycles. The summed E-state index contributed by atoms with van der Waals surface area (Å²) in [4.78, 5) is 11.5. The van der Waals surface area contributed by atoms with Gasteiger partial charge in [0.1, 0.15) is 0 Å². The van der Waals surface area contributed by atoms with Crippen molar-refractivity contribution >= 4 is 49.2 Å². The van der Waals surface area contributed by atoms with Crippen LogP contribution >= 0.6 is 43.5 Å². The van der Waals surface area contributed by atoms with Crippen molar-refractivity contribution in [3.63, 3.8) is 0 Å². The van der Waals surface area contributed by atoms with Crippen molar-refractivity contribution in [2.75, 3.05) is 0 Å². The Hall–Kier alpha value is 0.140. The summed E-state index contributed by atoms with van der Waals surface area (Å²) < 4.78 is 1.69. The van der Waals surface area contributed by atoms with Crippen LogP contribution in [0.25, 0.3) is 0 Å². The molecule has 1 unspecified atom stereocenters. The summed E-state index contributed by atoms with van der Waals surface area (Å²) in [6, 6.07) is 5.39. The number of halogens is 3. The lowest BCUT2D eigenvalue weighted by molar-refractivity contribution is 0.0991. The summed E-state index contributed by atoms with van der Waals surface area (Å²) in [5.74, 6) is -0.0685. The molecule has 13 heavy (non-hydrogen) atoms. The Bertz CT molecular complexity index is 336. The molecule has 1 aromatic carbocycles. The van der Waals surface area contributed by atoms with Gasteiger partial charge in [0.05, 0.1) is 5.38 Å². The molecule has 1 aromatic rings. The van der Waals surface area contributed by atoms with Crippen molar-refractivity contribution in [1.29, 1.82) is 0 Å². The lowest BCUT2D eigenvalue weighted by Crippen LogP contribution is -2.10. The monoisotopic (exact) mass is 324 g/mol. The van der Waals surface area contributed by atoms with E-state index in [2.05, 4.69) is 31.9 Å². The first kappa shape index (κ1) is 11.2. The lowest BCUT2D eigenvalue weighted by atomic mass is 10.1. The van der Waals surface area contributed by atoms with Crippen LogP contribution in [0.1, 0.15) is 17.3 Å².